The number of unbranched alkanes of at least 4 members (excludes halogenated alkanes) is 21. The van der Waals surface area contributed by atoms with E-state index in [4.69, 9.17) is 14.2 Å². The molecule has 0 aliphatic carbocycles. The van der Waals surface area contributed by atoms with Crippen molar-refractivity contribution in [2.24, 2.45) is 0 Å². The van der Waals surface area contributed by atoms with E-state index in [0.29, 0.717) is 19.4 Å². The molecule has 0 saturated heterocycles. The maximum atomic E-state index is 12.7. The lowest BCUT2D eigenvalue weighted by molar-refractivity contribution is -0.163. The third kappa shape index (κ3) is 46.0. The van der Waals surface area contributed by atoms with E-state index >= 15 is 0 Å². The summed E-state index contributed by atoms with van der Waals surface area (Å²) in [6.45, 7) is 7.60. The zero-order chi connectivity index (χ0) is 42.1. The molecule has 5 nitrogen and oxygen atoms in total. The van der Waals surface area contributed by atoms with E-state index in [2.05, 4.69) is 93.7 Å². The maximum absolute atomic E-state index is 12.7. The van der Waals surface area contributed by atoms with Gasteiger partial charge >= 0.3 is 11.9 Å². The van der Waals surface area contributed by atoms with Crippen molar-refractivity contribution in [2.45, 2.75) is 232 Å². The van der Waals surface area contributed by atoms with Crippen LogP contribution >= 0.6 is 0 Å². The second-order valence-corrected chi connectivity index (χ2v) is 16.0. The van der Waals surface area contributed by atoms with Crippen molar-refractivity contribution in [2.75, 3.05) is 19.8 Å². The van der Waals surface area contributed by atoms with Gasteiger partial charge in [-0.3, -0.25) is 9.59 Å². The zero-order valence-corrected chi connectivity index (χ0v) is 38.3. The monoisotopic (exact) mass is 809 g/mol. The molecule has 58 heavy (non-hydrogen) atoms. The molecule has 0 aromatic carbocycles. The van der Waals surface area contributed by atoms with Gasteiger partial charge < -0.3 is 14.2 Å². The third-order valence-electron chi connectivity index (χ3n) is 10.2. The molecule has 0 aliphatic rings. The Morgan fingerprint density at radius 2 is 0.776 bits per heavy atom. The lowest BCUT2D eigenvalue weighted by Crippen LogP contribution is -2.30. The highest BCUT2D eigenvalue weighted by Gasteiger charge is 2.17. The van der Waals surface area contributed by atoms with E-state index in [1.807, 2.05) is 0 Å². The SMILES string of the molecule is CC/C=C\C/C=C\C/C=C\C/C=C\CCCCCOCC(COC(=O)CCCCCCCCC/C=C\C/C=C\CCCCC)OC(=O)CCCCCCCCCCC. The molecule has 334 valence electrons. The van der Waals surface area contributed by atoms with Crippen LogP contribution in [0, 0.1) is 0 Å². The van der Waals surface area contributed by atoms with Crippen LogP contribution in [-0.4, -0.2) is 37.9 Å². The van der Waals surface area contributed by atoms with Gasteiger partial charge in [-0.15, -0.1) is 0 Å². The Bertz CT molecular complexity index is 1050. The maximum Gasteiger partial charge on any atom is 0.306 e. The van der Waals surface area contributed by atoms with Gasteiger partial charge in [0, 0.05) is 19.4 Å². The summed E-state index contributed by atoms with van der Waals surface area (Å²) in [5.74, 6) is -0.426. The highest BCUT2D eigenvalue weighted by atomic mass is 16.6. The molecule has 0 aromatic rings. The summed E-state index contributed by atoms with van der Waals surface area (Å²) < 4.78 is 17.3. The first-order chi connectivity index (χ1) is 28.6. The van der Waals surface area contributed by atoms with Gasteiger partial charge in [0.05, 0.1) is 6.61 Å². The van der Waals surface area contributed by atoms with Crippen molar-refractivity contribution in [1.82, 2.24) is 0 Å². The Hall–Kier alpha value is -2.66. The zero-order valence-electron chi connectivity index (χ0n) is 38.3. The molecular formula is C53H92O5. The van der Waals surface area contributed by atoms with Gasteiger partial charge in [0.15, 0.2) is 6.10 Å². The van der Waals surface area contributed by atoms with Crippen LogP contribution in [0.5, 0.6) is 0 Å². The average molecular weight is 809 g/mol. The van der Waals surface area contributed by atoms with E-state index in [-0.39, 0.29) is 25.2 Å². The summed E-state index contributed by atoms with van der Waals surface area (Å²) in [6.07, 6.45) is 61.9. The number of hydrogen-bond acceptors (Lipinski definition) is 5. The first kappa shape index (κ1) is 55.3. The fourth-order valence-electron chi connectivity index (χ4n) is 6.59. The minimum absolute atomic E-state index is 0.0673. The van der Waals surface area contributed by atoms with E-state index in [9.17, 15) is 9.59 Å². The largest absolute Gasteiger partial charge is 0.462 e. The Morgan fingerprint density at radius 3 is 1.28 bits per heavy atom. The molecule has 1 unspecified atom stereocenters. The van der Waals surface area contributed by atoms with Crippen molar-refractivity contribution in [3.8, 4) is 0 Å². The Morgan fingerprint density at radius 1 is 0.397 bits per heavy atom. The van der Waals surface area contributed by atoms with Crippen LogP contribution in [0.4, 0.5) is 0 Å². The van der Waals surface area contributed by atoms with Crippen molar-refractivity contribution in [1.29, 1.82) is 0 Å². The molecule has 0 aliphatic heterocycles. The molecule has 0 radical (unpaired) electrons. The highest BCUT2D eigenvalue weighted by molar-refractivity contribution is 5.70. The molecule has 0 N–H and O–H groups in total. The van der Waals surface area contributed by atoms with Crippen LogP contribution in [0.2, 0.25) is 0 Å². The highest BCUT2D eigenvalue weighted by Crippen LogP contribution is 2.13. The number of rotatable bonds is 44. The van der Waals surface area contributed by atoms with Crippen molar-refractivity contribution >= 4 is 11.9 Å². The van der Waals surface area contributed by atoms with Crippen molar-refractivity contribution in [3.05, 3.63) is 72.9 Å². The second kappa shape index (κ2) is 48.7. The number of carbonyl (C=O) groups is 2. The molecule has 0 amide bonds. The molecular weight excluding hydrogens is 717 g/mol. The van der Waals surface area contributed by atoms with Gasteiger partial charge in [0.25, 0.3) is 0 Å². The molecule has 0 spiro atoms. The first-order valence-electron chi connectivity index (χ1n) is 24.5. The number of allylic oxidation sites excluding steroid dienone is 12. The van der Waals surface area contributed by atoms with E-state index in [0.717, 1.165) is 89.9 Å². The predicted octanol–water partition coefficient (Wildman–Crippen LogP) is 16.3. The van der Waals surface area contributed by atoms with Gasteiger partial charge in [0.1, 0.15) is 6.61 Å². The lowest BCUT2D eigenvalue weighted by Gasteiger charge is -2.18. The summed E-state index contributed by atoms with van der Waals surface area (Å²) in [6, 6.07) is 0. The quantitative estimate of drug-likeness (QED) is 0.0348. The number of esters is 2. The number of carbonyl (C=O) groups excluding carboxylic acids is 2. The fourth-order valence-corrected chi connectivity index (χ4v) is 6.59. The number of ether oxygens (including phenoxy) is 3. The van der Waals surface area contributed by atoms with E-state index in [1.54, 1.807) is 0 Å². The van der Waals surface area contributed by atoms with Gasteiger partial charge in [-0.05, 0) is 89.9 Å². The standard InChI is InChI=1S/C53H92O5/c1-4-7-10-13-16-19-21-23-25-27-28-30-32-35-37-40-43-46-52(54)57-50-51(58-53(55)47-44-41-38-34-18-15-12-9-6-3)49-56-48-45-42-39-36-33-31-29-26-24-22-20-17-14-11-8-5-2/h8,11,16-17,19-20,23-26,31,33,51H,4-7,9-10,12-15,18,21-22,27-30,32,34-50H2,1-3H3/b11-8-,19-16-,20-17-,25-23-,26-24-,33-31-. The van der Waals surface area contributed by atoms with Crippen LogP contribution in [0.3, 0.4) is 0 Å². The first-order valence-corrected chi connectivity index (χ1v) is 24.5. The molecule has 0 bridgehead atoms. The molecule has 0 fully saturated rings. The molecule has 0 rings (SSSR count). The fraction of sp³-hybridized carbons (Fsp3) is 0.736. The van der Waals surface area contributed by atoms with Crippen LogP contribution in [0.15, 0.2) is 72.9 Å². The molecule has 0 saturated carbocycles. The lowest BCUT2D eigenvalue weighted by atomic mass is 10.1. The molecule has 1 atom stereocenters. The average Bonchev–Trinajstić information content (AvgIpc) is 3.22. The molecule has 0 aromatic heterocycles. The summed E-state index contributed by atoms with van der Waals surface area (Å²) in [7, 11) is 0. The van der Waals surface area contributed by atoms with Crippen LogP contribution in [0.1, 0.15) is 226 Å². The molecule has 5 heteroatoms. The van der Waals surface area contributed by atoms with E-state index in [1.165, 1.54) is 103 Å². The van der Waals surface area contributed by atoms with Crippen molar-refractivity contribution < 1.29 is 23.8 Å². The Kier molecular flexibility index (Phi) is 46.5. The predicted molar refractivity (Wildman–Crippen MR) is 251 cm³/mol. The van der Waals surface area contributed by atoms with Crippen LogP contribution in [0.25, 0.3) is 0 Å². The summed E-state index contributed by atoms with van der Waals surface area (Å²) in [5.41, 5.74) is 0. The van der Waals surface area contributed by atoms with E-state index < -0.39 is 6.10 Å². The molecule has 0 heterocycles. The Balaban J connectivity index is 4.27. The summed E-state index contributed by atoms with van der Waals surface area (Å²) in [4.78, 5) is 25.3. The third-order valence-corrected chi connectivity index (χ3v) is 10.2. The second-order valence-electron chi connectivity index (χ2n) is 16.0. The van der Waals surface area contributed by atoms with Crippen LogP contribution < -0.4 is 0 Å². The minimum atomic E-state index is -0.554. The summed E-state index contributed by atoms with van der Waals surface area (Å²) in [5, 5.41) is 0. The normalized spacial score (nSPS) is 12.8. The Labute approximate surface area is 359 Å². The van der Waals surface area contributed by atoms with Gasteiger partial charge in [0.2, 0.25) is 0 Å². The van der Waals surface area contributed by atoms with Crippen molar-refractivity contribution in [3.63, 3.8) is 0 Å². The van der Waals surface area contributed by atoms with Gasteiger partial charge in [-0.2, -0.15) is 0 Å². The smallest absolute Gasteiger partial charge is 0.306 e. The van der Waals surface area contributed by atoms with Crippen LogP contribution in [-0.2, 0) is 23.8 Å². The van der Waals surface area contributed by atoms with Gasteiger partial charge in [-0.25, -0.2) is 0 Å². The number of hydrogen-bond donors (Lipinski definition) is 0. The topological polar surface area (TPSA) is 61.8 Å². The minimum Gasteiger partial charge on any atom is -0.462 e. The summed E-state index contributed by atoms with van der Waals surface area (Å²) >= 11 is 0. The van der Waals surface area contributed by atoms with Gasteiger partial charge in [-0.1, -0.05) is 196 Å².